The van der Waals surface area contributed by atoms with Gasteiger partial charge in [-0.2, -0.15) is 0 Å². The van der Waals surface area contributed by atoms with Gasteiger partial charge in [-0.05, 0) is 45.0 Å². The van der Waals surface area contributed by atoms with Gasteiger partial charge in [0.05, 0.1) is 6.61 Å². The zero-order valence-corrected chi connectivity index (χ0v) is 12.9. The number of hydrogen-bond donors (Lipinski definition) is 1. The molecule has 21 heavy (non-hydrogen) atoms. The van der Waals surface area contributed by atoms with Gasteiger partial charge in [0, 0.05) is 16.1 Å². The standard InChI is InChI=1S/C15H16N2O3S/c1-4-20-14(19)13-10(3)21-15(17-13)16-12-7-5-11(6-8-12)9(2)18/h5-8H,4H2,1-3H3,(H,16,17). The van der Waals surface area contributed by atoms with Gasteiger partial charge in [-0.25, -0.2) is 9.78 Å². The molecule has 2 aromatic rings. The molecule has 0 bridgehead atoms. The molecule has 0 fully saturated rings. The molecule has 1 N–H and O–H groups in total. The van der Waals surface area contributed by atoms with Crippen molar-refractivity contribution in [1.82, 2.24) is 4.98 Å². The molecule has 0 amide bonds. The Morgan fingerprint density at radius 2 is 1.95 bits per heavy atom. The lowest BCUT2D eigenvalue weighted by Crippen LogP contribution is -2.06. The molecule has 6 heteroatoms. The van der Waals surface area contributed by atoms with E-state index in [1.54, 1.807) is 31.2 Å². The lowest BCUT2D eigenvalue weighted by Gasteiger charge is -2.03. The predicted octanol–water partition coefficient (Wildman–Crippen LogP) is 3.57. The maximum atomic E-state index is 11.7. The monoisotopic (exact) mass is 304 g/mol. The van der Waals surface area contributed by atoms with Gasteiger partial charge < -0.3 is 10.1 Å². The van der Waals surface area contributed by atoms with Gasteiger partial charge in [0.25, 0.3) is 0 Å². The number of rotatable bonds is 5. The van der Waals surface area contributed by atoms with Crippen molar-refractivity contribution in [3.63, 3.8) is 0 Å². The summed E-state index contributed by atoms with van der Waals surface area (Å²) in [5, 5.41) is 3.73. The number of aromatic nitrogens is 1. The van der Waals surface area contributed by atoms with Crippen LogP contribution in [0.15, 0.2) is 24.3 Å². The maximum absolute atomic E-state index is 11.7. The van der Waals surface area contributed by atoms with Crippen LogP contribution in [0.25, 0.3) is 0 Å². The summed E-state index contributed by atoms with van der Waals surface area (Å²) in [4.78, 5) is 28.0. The second-order valence-corrected chi connectivity index (χ2v) is 5.61. The molecule has 2 rings (SSSR count). The Morgan fingerprint density at radius 3 is 2.52 bits per heavy atom. The van der Waals surface area contributed by atoms with Crippen LogP contribution in [0, 0.1) is 6.92 Å². The van der Waals surface area contributed by atoms with Gasteiger partial charge in [0.1, 0.15) is 0 Å². The van der Waals surface area contributed by atoms with Crippen LogP contribution in [0.4, 0.5) is 10.8 Å². The quantitative estimate of drug-likeness (QED) is 0.675. The van der Waals surface area contributed by atoms with E-state index < -0.39 is 5.97 Å². The molecule has 5 nitrogen and oxygen atoms in total. The zero-order chi connectivity index (χ0) is 15.4. The van der Waals surface area contributed by atoms with Gasteiger partial charge in [-0.3, -0.25) is 4.79 Å². The molecule has 110 valence electrons. The average Bonchev–Trinajstić information content (AvgIpc) is 2.80. The van der Waals surface area contributed by atoms with Crippen molar-refractivity contribution in [3.05, 3.63) is 40.4 Å². The number of ketones is 1. The van der Waals surface area contributed by atoms with E-state index in [4.69, 9.17) is 4.74 Å². The van der Waals surface area contributed by atoms with Gasteiger partial charge in [0.15, 0.2) is 16.6 Å². The maximum Gasteiger partial charge on any atom is 0.358 e. The minimum Gasteiger partial charge on any atom is -0.461 e. The van der Waals surface area contributed by atoms with E-state index in [1.807, 2.05) is 6.92 Å². The third-order valence-electron chi connectivity index (χ3n) is 2.81. The Labute approximate surface area is 127 Å². The van der Waals surface area contributed by atoms with Gasteiger partial charge in [0.2, 0.25) is 0 Å². The molecular formula is C15H16N2O3S. The molecule has 0 saturated carbocycles. The molecule has 0 unspecified atom stereocenters. The van der Waals surface area contributed by atoms with Crippen LogP contribution in [0.2, 0.25) is 0 Å². The summed E-state index contributed by atoms with van der Waals surface area (Å²) in [6, 6.07) is 7.10. The van der Waals surface area contributed by atoms with Gasteiger partial charge >= 0.3 is 5.97 Å². The Balaban J connectivity index is 2.14. The number of carbonyl (C=O) groups is 2. The number of Topliss-reactive ketones (excluding diaryl/α,β-unsaturated/α-hetero) is 1. The molecule has 0 radical (unpaired) electrons. The molecular weight excluding hydrogens is 288 g/mol. The van der Waals surface area contributed by atoms with Crippen molar-refractivity contribution >= 4 is 33.9 Å². The van der Waals surface area contributed by atoms with E-state index in [0.29, 0.717) is 23.0 Å². The number of thiazole rings is 1. The SMILES string of the molecule is CCOC(=O)c1nc(Nc2ccc(C(C)=O)cc2)sc1C. The molecule has 0 aliphatic rings. The Bertz CT molecular complexity index is 662. The van der Waals surface area contributed by atoms with Crippen molar-refractivity contribution < 1.29 is 14.3 Å². The summed E-state index contributed by atoms with van der Waals surface area (Å²) < 4.78 is 4.95. The van der Waals surface area contributed by atoms with E-state index in [-0.39, 0.29) is 5.78 Å². The normalized spacial score (nSPS) is 10.2. The summed E-state index contributed by atoms with van der Waals surface area (Å²) in [6.45, 7) is 5.44. The number of nitrogens with zero attached hydrogens (tertiary/aromatic N) is 1. The molecule has 1 heterocycles. The molecule has 0 aliphatic carbocycles. The number of nitrogens with one attached hydrogen (secondary N) is 1. The van der Waals surface area contributed by atoms with Crippen LogP contribution in [0.1, 0.15) is 39.6 Å². The van der Waals surface area contributed by atoms with E-state index in [0.717, 1.165) is 10.6 Å². The van der Waals surface area contributed by atoms with Crippen LogP contribution in [0.3, 0.4) is 0 Å². The third kappa shape index (κ3) is 3.66. The zero-order valence-electron chi connectivity index (χ0n) is 12.1. The number of aryl methyl sites for hydroxylation is 1. The van der Waals surface area contributed by atoms with Crippen LogP contribution in [-0.4, -0.2) is 23.3 Å². The summed E-state index contributed by atoms with van der Waals surface area (Å²) >= 11 is 1.38. The number of hydrogen-bond acceptors (Lipinski definition) is 6. The molecule has 0 aliphatic heterocycles. The lowest BCUT2D eigenvalue weighted by atomic mass is 10.1. The summed E-state index contributed by atoms with van der Waals surface area (Å²) in [5.41, 5.74) is 1.80. The second-order valence-electron chi connectivity index (χ2n) is 4.40. The Hall–Kier alpha value is -2.21. The van der Waals surface area contributed by atoms with Crippen molar-refractivity contribution in [2.75, 3.05) is 11.9 Å². The van der Waals surface area contributed by atoms with E-state index in [1.165, 1.54) is 18.3 Å². The van der Waals surface area contributed by atoms with E-state index >= 15 is 0 Å². The number of benzene rings is 1. The smallest absolute Gasteiger partial charge is 0.358 e. The van der Waals surface area contributed by atoms with Crippen molar-refractivity contribution in [2.24, 2.45) is 0 Å². The number of carbonyl (C=O) groups excluding carboxylic acids is 2. The second kappa shape index (κ2) is 6.49. The largest absolute Gasteiger partial charge is 0.461 e. The lowest BCUT2D eigenvalue weighted by molar-refractivity contribution is 0.0519. The minimum atomic E-state index is -0.411. The molecule has 0 atom stereocenters. The number of anilines is 2. The van der Waals surface area contributed by atoms with Crippen LogP contribution < -0.4 is 5.32 Å². The molecule has 0 saturated heterocycles. The van der Waals surface area contributed by atoms with Crippen LogP contribution in [-0.2, 0) is 4.74 Å². The van der Waals surface area contributed by atoms with Crippen LogP contribution in [0.5, 0.6) is 0 Å². The van der Waals surface area contributed by atoms with E-state index in [2.05, 4.69) is 10.3 Å². The third-order valence-corrected chi connectivity index (χ3v) is 3.69. The highest BCUT2D eigenvalue weighted by Crippen LogP contribution is 2.26. The average molecular weight is 304 g/mol. The fourth-order valence-corrected chi connectivity index (χ4v) is 2.57. The molecule has 1 aromatic heterocycles. The topological polar surface area (TPSA) is 68.3 Å². The first-order valence-corrected chi connectivity index (χ1v) is 7.35. The highest BCUT2D eigenvalue weighted by molar-refractivity contribution is 7.15. The first-order chi connectivity index (χ1) is 10.0. The molecule has 1 aromatic carbocycles. The minimum absolute atomic E-state index is 0.0243. The Morgan fingerprint density at radius 1 is 1.29 bits per heavy atom. The summed E-state index contributed by atoms with van der Waals surface area (Å²) in [6.07, 6.45) is 0. The Kier molecular flexibility index (Phi) is 4.70. The van der Waals surface area contributed by atoms with Crippen LogP contribution >= 0.6 is 11.3 Å². The van der Waals surface area contributed by atoms with E-state index in [9.17, 15) is 9.59 Å². The number of esters is 1. The molecule has 0 spiro atoms. The highest BCUT2D eigenvalue weighted by atomic mass is 32.1. The summed E-state index contributed by atoms with van der Waals surface area (Å²) in [5.74, 6) is -0.387. The predicted molar refractivity (Wildman–Crippen MR) is 82.5 cm³/mol. The van der Waals surface area contributed by atoms with Crippen molar-refractivity contribution in [3.8, 4) is 0 Å². The van der Waals surface area contributed by atoms with Crippen molar-refractivity contribution in [1.29, 1.82) is 0 Å². The highest BCUT2D eigenvalue weighted by Gasteiger charge is 2.16. The number of ether oxygens (including phenoxy) is 1. The summed E-state index contributed by atoms with van der Waals surface area (Å²) in [7, 11) is 0. The fraction of sp³-hybridized carbons (Fsp3) is 0.267. The fourth-order valence-electron chi connectivity index (χ4n) is 1.75. The first kappa shape index (κ1) is 15.2. The van der Waals surface area contributed by atoms with Gasteiger partial charge in [-0.1, -0.05) is 0 Å². The van der Waals surface area contributed by atoms with Gasteiger partial charge in [-0.15, -0.1) is 11.3 Å². The van der Waals surface area contributed by atoms with Crippen molar-refractivity contribution in [2.45, 2.75) is 20.8 Å². The first-order valence-electron chi connectivity index (χ1n) is 6.53.